The molecule has 0 aromatic heterocycles. The molecule has 0 amide bonds. The Hall–Kier alpha value is -1.04. The maximum absolute atomic E-state index is 3.88. The van der Waals surface area contributed by atoms with E-state index < -0.39 is 0 Å². The molecule has 0 spiro atoms. The van der Waals surface area contributed by atoms with Crippen LogP contribution in [-0.2, 0) is 6.42 Å². The van der Waals surface area contributed by atoms with E-state index in [4.69, 9.17) is 0 Å². The third-order valence-electron chi connectivity index (χ3n) is 1.85. The van der Waals surface area contributed by atoms with E-state index in [-0.39, 0.29) is 0 Å². The van der Waals surface area contributed by atoms with E-state index in [0.717, 1.165) is 12.0 Å². The van der Waals surface area contributed by atoms with Crippen LogP contribution < -0.4 is 0 Å². The molecule has 0 aliphatic heterocycles. The molecule has 0 saturated carbocycles. The Morgan fingerprint density at radius 3 is 1.79 bits per heavy atom. The zero-order valence-corrected chi connectivity index (χ0v) is 9.93. The Balaban J connectivity index is 0.000000500. The van der Waals surface area contributed by atoms with Crippen molar-refractivity contribution in [2.45, 2.75) is 40.5 Å². The topological polar surface area (TPSA) is 0 Å². The number of allylic oxidation sites excluding steroid dienone is 1. The first kappa shape index (κ1) is 13.0. The fourth-order valence-corrected chi connectivity index (χ4v) is 1.02. The Labute approximate surface area is 88.7 Å². The van der Waals surface area contributed by atoms with E-state index in [1.54, 1.807) is 0 Å². The summed E-state index contributed by atoms with van der Waals surface area (Å²) < 4.78 is 0. The van der Waals surface area contributed by atoms with Gasteiger partial charge in [0.2, 0.25) is 0 Å². The van der Waals surface area contributed by atoms with Crippen molar-refractivity contribution in [2.75, 3.05) is 0 Å². The van der Waals surface area contributed by atoms with E-state index in [9.17, 15) is 0 Å². The van der Waals surface area contributed by atoms with Gasteiger partial charge in [0.15, 0.2) is 0 Å². The molecule has 14 heavy (non-hydrogen) atoms. The van der Waals surface area contributed by atoms with E-state index >= 15 is 0 Å². The van der Waals surface area contributed by atoms with Crippen molar-refractivity contribution in [1.82, 2.24) is 0 Å². The van der Waals surface area contributed by atoms with E-state index in [2.05, 4.69) is 51.6 Å². The third-order valence-corrected chi connectivity index (χ3v) is 1.85. The maximum atomic E-state index is 3.88. The molecule has 1 aromatic rings. The van der Waals surface area contributed by atoms with Gasteiger partial charge in [0.05, 0.1) is 0 Å². The van der Waals surface area contributed by atoms with Crippen LogP contribution in [-0.4, -0.2) is 0 Å². The van der Waals surface area contributed by atoms with Crippen LogP contribution in [0.15, 0.2) is 30.8 Å². The standard InChI is InChI=1S/C11H14.C3H8/c1-4-10-5-7-11(8-6-10)9(2)3;1-3-2/h5-8H,2,4H2,1,3H3;3H2,1-2H3. The number of benzene rings is 1. The molecule has 0 nitrogen and oxygen atoms in total. The second-order valence-electron chi connectivity index (χ2n) is 3.54. The second-order valence-corrected chi connectivity index (χ2v) is 3.54. The molecule has 0 aliphatic rings. The third kappa shape index (κ3) is 4.86. The first-order valence-electron chi connectivity index (χ1n) is 5.40. The molecule has 0 unspecified atom stereocenters. The Bertz CT molecular complexity index is 254. The van der Waals surface area contributed by atoms with Crippen molar-refractivity contribution < 1.29 is 0 Å². The van der Waals surface area contributed by atoms with Gasteiger partial charge in [0.1, 0.15) is 0 Å². The molecule has 0 saturated heterocycles. The number of rotatable bonds is 2. The van der Waals surface area contributed by atoms with Gasteiger partial charge in [0, 0.05) is 0 Å². The van der Waals surface area contributed by atoms with Crippen molar-refractivity contribution in [3.8, 4) is 0 Å². The van der Waals surface area contributed by atoms with Gasteiger partial charge in [-0.15, -0.1) is 0 Å². The van der Waals surface area contributed by atoms with Gasteiger partial charge in [-0.2, -0.15) is 0 Å². The predicted octanol–water partition coefficient (Wildman–Crippen LogP) is 4.70. The van der Waals surface area contributed by atoms with Gasteiger partial charge in [-0.1, -0.05) is 63.6 Å². The Morgan fingerprint density at radius 1 is 1.07 bits per heavy atom. The maximum Gasteiger partial charge on any atom is -0.0233 e. The largest absolute Gasteiger partial charge is 0.0955 e. The van der Waals surface area contributed by atoms with Crippen LogP contribution in [0.5, 0.6) is 0 Å². The van der Waals surface area contributed by atoms with Gasteiger partial charge in [0.25, 0.3) is 0 Å². The molecule has 1 rings (SSSR count). The molecule has 1 aromatic carbocycles. The molecular formula is C14H22. The van der Waals surface area contributed by atoms with Crippen molar-refractivity contribution in [3.05, 3.63) is 42.0 Å². The predicted molar refractivity (Wildman–Crippen MR) is 66.5 cm³/mol. The zero-order chi connectivity index (χ0) is 11.0. The summed E-state index contributed by atoms with van der Waals surface area (Å²) in [6.07, 6.45) is 2.36. The molecule has 0 heterocycles. The molecule has 78 valence electrons. The fraction of sp³-hybridized carbons (Fsp3) is 0.429. The van der Waals surface area contributed by atoms with Crippen LogP contribution >= 0.6 is 0 Å². The van der Waals surface area contributed by atoms with Crippen molar-refractivity contribution in [1.29, 1.82) is 0 Å². The van der Waals surface area contributed by atoms with Crippen LogP contribution in [0.1, 0.15) is 45.2 Å². The van der Waals surface area contributed by atoms with E-state index in [1.807, 2.05) is 6.92 Å². The summed E-state index contributed by atoms with van der Waals surface area (Å²) in [5.41, 5.74) is 3.75. The summed E-state index contributed by atoms with van der Waals surface area (Å²) >= 11 is 0. The normalized spacial score (nSPS) is 8.86. The molecular weight excluding hydrogens is 168 g/mol. The Morgan fingerprint density at radius 2 is 1.50 bits per heavy atom. The molecule has 0 radical (unpaired) electrons. The lowest BCUT2D eigenvalue weighted by atomic mass is 10.1. The van der Waals surface area contributed by atoms with Gasteiger partial charge in [-0.3, -0.25) is 0 Å². The smallest absolute Gasteiger partial charge is 0.0233 e. The summed E-state index contributed by atoms with van der Waals surface area (Å²) in [5.74, 6) is 0. The van der Waals surface area contributed by atoms with Crippen LogP contribution in [0.25, 0.3) is 5.57 Å². The fourth-order valence-electron chi connectivity index (χ4n) is 1.02. The van der Waals surface area contributed by atoms with Crippen molar-refractivity contribution >= 4 is 5.57 Å². The first-order chi connectivity index (χ1) is 6.65. The lowest BCUT2D eigenvalue weighted by Crippen LogP contribution is -1.81. The van der Waals surface area contributed by atoms with Crippen LogP contribution in [0, 0.1) is 0 Å². The summed E-state index contributed by atoms with van der Waals surface area (Å²) in [4.78, 5) is 0. The average molecular weight is 190 g/mol. The molecule has 0 atom stereocenters. The second kappa shape index (κ2) is 7.37. The lowest BCUT2D eigenvalue weighted by Gasteiger charge is -2.00. The SMILES string of the molecule is C=C(C)c1ccc(CC)cc1.CCC. The molecule has 0 heteroatoms. The van der Waals surface area contributed by atoms with E-state index in [1.165, 1.54) is 17.5 Å². The van der Waals surface area contributed by atoms with Crippen LogP contribution in [0.4, 0.5) is 0 Å². The van der Waals surface area contributed by atoms with Crippen molar-refractivity contribution in [3.63, 3.8) is 0 Å². The summed E-state index contributed by atoms with van der Waals surface area (Å²) in [6.45, 7) is 12.3. The minimum absolute atomic E-state index is 1.11. The van der Waals surface area contributed by atoms with Gasteiger partial charge in [-0.05, 0) is 24.5 Å². The van der Waals surface area contributed by atoms with Gasteiger partial charge in [-0.25, -0.2) is 0 Å². The minimum atomic E-state index is 1.11. The lowest BCUT2D eigenvalue weighted by molar-refractivity contribution is 1.09. The molecule has 0 bridgehead atoms. The highest BCUT2D eigenvalue weighted by molar-refractivity contribution is 5.61. The van der Waals surface area contributed by atoms with Crippen LogP contribution in [0.2, 0.25) is 0 Å². The number of hydrogen-bond acceptors (Lipinski definition) is 0. The highest BCUT2D eigenvalue weighted by Crippen LogP contribution is 2.12. The Kier molecular flexibility index (Phi) is 6.82. The summed E-state index contributed by atoms with van der Waals surface area (Å²) in [5, 5.41) is 0. The summed E-state index contributed by atoms with van der Waals surface area (Å²) in [6, 6.07) is 8.57. The first-order valence-corrected chi connectivity index (χ1v) is 5.40. The quantitative estimate of drug-likeness (QED) is 0.634. The number of hydrogen-bond donors (Lipinski definition) is 0. The van der Waals surface area contributed by atoms with Gasteiger partial charge < -0.3 is 0 Å². The highest BCUT2D eigenvalue weighted by atomic mass is 14.0. The highest BCUT2D eigenvalue weighted by Gasteiger charge is 1.91. The van der Waals surface area contributed by atoms with Crippen molar-refractivity contribution in [2.24, 2.45) is 0 Å². The minimum Gasteiger partial charge on any atom is -0.0955 e. The van der Waals surface area contributed by atoms with E-state index in [0.29, 0.717) is 0 Å². The number of aryl methyl sites for hydroxylation is 1. The average Bonchev–Trinajstić information content (AvgIpc) is 2.19. The molecule has 0 fully saturated rings. The van der Waals surface area contributed by atoms with Gasteiger partial charge >= 0.3 is 0 Å². The zero-order valence-electron chi connectivity index (χ0n) is 9.93. The monoisotopic (exact) mass is 190 g/mol. The molecule has 0 aliphatic carbocycles. The van der Waals surface area contributed by atoms with Crippen LogP contribution in [0.3, 0.4) is 0 Å². The molecule has 0 N–H and O–H groups in total. The summed E-state index contributed by atoms with van der Waals surface area (Å²) in [7, 11) is 0.